The maximum absolute atomic E-state index is 13.4. The molecule has 1 N–H and O–H groups in total. The van der Waals surface area contributed by atoms with E-state index in [1.807, 2.05) is 18.2 Å². The second-order valence-corrected chi connectivity index (χ2v) is 7.94. The number of nitrogens with one attached hydrogen (secondary N) is 1. The molecule has 0 aliphatic carbocycles. The van der Waals surface area contributed by atoms with Gasteiger partial charge in [-0.15, -0.1) is 0 Å². The fraction of sp³-hybridized carbons (Fsp3) is 0.174. The first-order chi connectivity index (χ1) is 15.0. The van der Waals surface area contributed by atoms with Crippen LogP contribution in [0.25, 0.3) is 11.1 Å². The Bertz CT molecular complexity index is 1170. The largest absolute Gasteiger partial charge is 0.459 e. The first-order valence-corrected chi connectivity index (χ1v) is 10.2. The molecule has 8 heteroatoms. The summed E-state index contributed by atoms with van der Waals surface area (Å²) in [6.45, 7) is 0.685. The van der Waals surface area contributed by atoms with Crippen LogP contribution in [-0.2, 0) is 4.79 Å². The molecule has 31 heavy (non-hydrogen) atoms. The van der Waals surface area contributed by atoms with Crippen LogP contribution in [0.1, 0.15) is 20.9 Å². The molecule has 1 aromatic heterocycles. The third-order valence-corrected chi connectivity index (χ3v) is 5.90. The summed E-state index contributed by atoms with van der Waals surface area (Å²) in [6, 6.07) is 15.2. The first kappa shape index (κ1) is 19.4. The van der Waals surface area contributed by atoms with Crippen LogP contribution in [0.3, 0.4) is 0 Å². The number of amides is 3. The maximum atomic E-state index is 13.4. The summed E-state index contributed by atoms with van der Waals surface area (Å²) in [5.41, 5.74) is 2.66. The third kappa shape index (κ3) is 3.47. The van der Waals surface area contributed by atoms with Gasteiger partial charge in [-0.3, -0.25) is 14.4 Å². The molecule has 2 aliphatic heterocycles. The Kier molecular flexibility index (Phi) is 4.75. The fourth-order valence-electron chi connectivity index (χ4n) is 4.01. The van der Waals surface area contributed by atoms with Crippen molar-refractivity contribution >= 4 is 35.0 Å². The van der Waals surface area contributed by atoms with Gasteiger partial charge in [-0.1, -0.05) is 29.8 Å². The zero-order valence-electron chi connectivity index (χ0n) is 16.4. The van der Waals surface area contributed by atoms with Crippen LogP contribution in [0.15, 0.2) is 65.3 Å². The minimum Gasteiger partial charge on any atom is -0.459 e. The van der Waals surface area contributed by atoms with Crippen LogP contribution in [0.5, 0.6) is 0 Å². The van der Waals surface area contributed by atoms with Crippen LogP contribution < -0.4 is 5.32 Å². The molecule has 0 bridgehead atoms. The van der Waals surface area contributed by atoms with Gasteiger partial charge in [0.25, 0.3) is 11.8 Å². The fourth-order valence-corrected chi connectivity index (χ4v) is 4.14. The van der Waals surface area contributed by atoms with Crippen LogP contribution in [0, 0.1) is 0 Å². The molecule has 1 saturated heterocycles. The number of hydrogen-bond acceptors (Lipinski definition) is 4. The molecule has 5 rings (SSSR count). The van der Waals surface area contributed by atoms with Gasteiger partial charge in [0.2, 0.25) is 5.91 Å². The van der Waals surface area contributed by atoms with Crippen molar-refractivity contribution in [1.82, 2.24) is 9.80 Å². The van der Waals surface area contributed by atoms with Crippen molar-refractivity contribution in [1.29, 1.82) is 0 Å². The molecule has 0 spiro atoms. The molecular weight excluding hydrogens is 418 g/mol. The van der Waals surface area contributed by atoms with Gasteiger partial charge in [0.05, 0.1) is 24.1 Å². The summed E-state index contributed by atoms with van der Waals surface area (Å²) in [5, 5.41) is 3.48. The molecule has 3 heterocycles. The summed E-state index contributed by atoms with van der Waals surface area (Å²) < 4.78 is 5.19. The SMILES string of the molecule is O=C1Nc2ccc(-c3ccc(Cl)cc3)cc2C(=O)N2CCN(C(=O)c3ccco3)CC12. The Hall–Kier alpha value is -3.58. The molecule has 0 radical (unpaired) electrons. The predicted molar refractivity (Wildman–Crippen MR) is 115 cm³/mol. The number of hydrogen-bond donors (Lipinski definition) is 1. The van der Waals surface area contributed by atoms with Crippen LogP contribution in [-0.4, -0.2) is 53.2 Å². The van der Waals surface area contributed by atoms with Gasteiger partial charge < -0.3 is 19.5 Å². The van der Waals surface area contributed by atoms with E-state index in [1.165, 1.54) is 6.26 Å². The van der Waals surface area contributed by atoms with E-state index in [2.05, 4.69) is 5.32 Å². The minimum atomic E-state index is -0.772. The zero-order chi connectivity index (χ0) is 21.5. The van der Waals surface area contributed by atoms with Gasteiger partial charge in [-0.25, -0.2) is 0 Å². The van der Waals surface area contributed by atoms with E-state index >= 15 is 0 Å². The van der Waals surface area contributed by atoms with E-state index in [4.69, 9.17) is 16.0 Å². The van der Waals surface area contributed by atoms with Crippen molar-refractivity contribution in [2.45, 2.75) is 6.04 Å². The highest BCUT2D eigenvalue weighted by Gasteiger charge is 2.40. The Morgan fingerprint density at radius 2 is 1.81 bits per heavy atom. The second kappa shape index (κ2) is 7.59. The molecule has 3 amide bonds. The third-order valence-electron chi connectivity index (χ3n) is 5.65. The second-order valence-electron chi connectivity index (χ2n) is 7.50. The van der Waals surface area contributed by atoms with E-state index in [9.17, 15) is 14.4 Å². The molecule has 1 atom stereocenters. The van der Waals surface area contributed by atoms with E-state index in [0.717, 1.165) is 11.1 Å². The Morgan fingerprint density at radius 1 is 1.03 bits per heavy atom. The maximum Gasteiger partial charge on any atom is 0.289 e. The summed E-state index contributed by atoms with van der Waals surface area (Å²) in [6.07, 6.45) is 1.43. The molecule has 2 aliphatic rings. The summed E-state index contributed by atoms with van der Waals surface area (Å²) in [7, 11) is 0. The summed E-state index contributed by atoms with van der Waals surface area (Å²) >= 11 is 5.98. The zero-order valence-corrected chi connectivity index (χ0v) is 17.1. The van der Waals surface area contributed by atoms with Crippen LogP contribution in [0.2, 0.25) is 5.02 Å². The number of fused-ring (bicyclic) bond motifs is 2. The Balaban J connectivity index is 1.44. The number of halogens is 1. The summed E-state index contributed by atoms with van der Waals surface area (Å²) in [4.78, 5) is 42.0. The highest BCUT2D eigenvalue weighted by molar-refractivity contribution is 6.30. The molecule has 156 valence electrons. The summed E-state index contributed by atoms with van der Waals surface area (Å²) in [5.74, 6) is -0.635. The molecule has 0 saturated carbocycles. The van der Waals surface area contributed by atoms with Gasteiger partial charge in [0.1, 0.15) is 6.04 Å². The average Bonchev–Trinajstić information content (AvgIpc) is 3.30. The lowest BCUT2D eigenvalue weighted by Gasteiger charge is -2.39. The molecular formula is C23H18ClN3O4. The van der Waals surface area contributed by atoms with Crippen molar-refractivity contribution < 1.29 is 18.8 Å². The van der Waals surface area contributed by atoms with Crippen LogP contribution in [0.4, 0.5) is 5.69 Å². The number of benzene rings is 2. The van der Waals surface area contributed by atoms with E-state index < -0.39 is 6.04 Å². The van der Waals surface area contributed by atoms with Gasteiger partial charge in [-0.05, 0) is 47.5 Å². The van der Waals surface area contributed by atoms with Crippen LogP contribution >= 0.6 is 11.6 Å². The average molecular weight is 436 g/mol. The van der Waals surface area contributed by atoms with Crippen molar-refractivity contribution in [3.8, 4) is 11.1 Å². The van der Waals surface area contributed by atoms with E-state index in [1.54, 1.807) is 46.2 Å². The van der Waals surface area contributed by atoms with E-state index in [-0.39, 0.29) is 36.6 Å². The molecule has 1 unspecified atom stereocenters. The quantitative estimate of drug-likeness (QED) is 0.667. The van der Waals surface area contributed by atoms with Crippen molar-refractivity contribution in [2.24, 2.45) is 0 Å². The van der Waals surface area contributed by atoms with Crippen molar-refractivity contribution in [3.63, 3.8) is 0 Å². The van der Waals surface area contributed by atoms with Gasteiger partial charge in [0.15, 0.2) is 5.76 Å². The highest BCUT2D eigenvalue weighted by Crippen LogP contribution is 2.31. The van der Waals surface area contributed by atoms with Gasteiger partial charge in [0, 0.05) is 18.1 Å². The number of nitrogens with zero attached hydrogens (tertiary/aromatic N) is 2. The number of carbonyl (C=O) groups is 3. The van der Waals surface area contributed by atoms with Crippen molar-refractivity contribution in [3.05, 3.63) is 77.2 Å². The molecule has 1 fully saturated rings. The van der Waals surface area contributed by atoms with Gasteiger partial charge in [-0.2, -0.15) is 0 Å². The van der Waals surface area contributed by atoms with E-state index in [0.29, 0.717) is 22.8 Å². The Labute approximate surface area is 183 Å². The number of anilines is 1. The topological polar surface area (TPSA) is 82.9 Å². The first-order valence-electron chi connectivity index (χ1n) is 9.86. The standard InChI is InChI=1S/C23H18ClN3O4/c24-16-6-3-14(4-7-16)15-5-8-18-17(12-15)22(29)27-10-9-26(13-19(27)21(28)25-18)23(30)20-2-1-11-31-20/h1-8,11-12,19H,9-10,13H2,(H,25,28). The number of carbonyl (C=O) groups excluding carboxylic acids is 3. The van der Waals surface area contributed by atoms with Crippen molar-refractivity contribution in [2.75, 3.05) is 25.0 Å². The predicted octanol–water partition coefficient (Wildman–Crippen LogP) is 3.52. The number of piperazine rings is 1. The molecule has 7 nitrogen and oxygen atoms in total. The Morgan fingerprint density at radius 3 is 2.55 bits per heavy atom. The van der Waals surface area contributed by atoms with Gasteiger partial charge >= 0.3 is 0 Å². The highest BCUT2D eigenvalue weighted by atomic mass is 35.5. The normalized spacial score (nSPS) is 18.2. The molecule has 3 aromatic rings. The number of furan rings is 1. The lowest BCUT2D eigenvalue weighted by molar-refractivity contribution is -0.121. The molecule has 2 aromatic carbocycles. The minimum absolute atomic E-state index is 0.106. The monoisotopic (exact) mass is 435 g/mol. The lowest BCUT2D eigenvalue weighted by Crippen LogP contribution is -2.59. The lowest BCUT2D eigenvalue weighted by atomic mass is 10.0. The number of rotatable bonds is 2. The smallest absolute Gasteiger partial charge is 0.289 e.